The zero-order chi connectivity index (χ0) is 22.7. The van der Waals surface area contributed by atoms with Gasteiger partial charge in [0.25, 0.3) is 0 Å². The summed E-state index contributed by atoms with van der Waals surface area (Å²) in [5.74, 6) is 0.0730. The number of aryl methyl sites for hydroxylation is 1. The highest BCUT2D eigenvalue weighted by Crippen LogP contribution is 2.32. The van der Waals surface area contributed by atoms with Gasteiger partial charge in [0.2, 0.25) is 15.9 Å². The van der Waals surface area contributed by atoms with Gasteiger partial charge in [-0.2, -0.15) is 4.31 Å². The van der Waals surface area contributed by atoms with Gasteiger partial charge in [0.05, 0.1) is 32.9 Å². The van der Waals surface area contributed by atoms with Gasteiger partial charge >= 0.3 is 0 Å². The maximum absolute atomic E-state index is 13.2. The average molecular weight is 463 g/mol. The number of carbonyl (C=O) groups is 1. The molecule has 2 aliphatic heterocycles. The van der Waals surface area contributed by atoms with Crippen LogP contribution in [0.5, 0.6) is 5.75 Å². The van der Waals surface area contributed by atoms with Crippen LogP contribution in [0, 0.1) is 0 Å². The molecule has 1 unspecified atom stereocenters. The van der Waals surface area contributed by atoms with E-state index in [1.54, 1.807) is 12.1 Å². The molecular formula is C22H30N4O5S. The second-order valence-electron chi connectivity index (χ2n) is 8.10. The Hall–Kier alpha value is -2.40. The molecular weight excluding hydrogens is 432 g/mol. The summed E-state index contributed by atoms with van der Waals surface area (Å²) in [5, 5.41) is 2.87. The lowest BCUT2D eigenvalue weighted by Gasteiger charge is -2.27. The van der Waals surface area contributed by atoms with E-state index in [1.807, 2.05) is 19.3 Å². The lowest BCUT2D eigenvalue weighted by atomic mass is 10.1. The Labute approximate surface area is 188 Å². The number of nitrogens with one attached hydrogen (secondary N) is 1. The fraction of sp³-hybridized carbons (Fsp3) is 0.500. The van der Waals surface area contributed by atoms with Crippen molar-refractivity contribution in [3.63, 3.8) is 0 Å². The third-order valence-corrected chi connectivity index (χ3v) is 7.99. The SMILES string of the molecule is COc1ccc(NC(=O)CN2CCCC2c2cccn2C)cc1S(=O)(=O)N1CCOCC1. The van der Waals surface area contributed by atoms with Gasteiger partial charge in [-0.15, -0.1) is 0 Å². The molecule has 2 fully saturated rings. The molecule has 0 radical (unpaired) electrons. The Bertz CT molecular complexity index is 1060. The summed E-state index contributed by atoms with van der Waals surface area (Å²) in [6, 6.07) is 9.01. The van der Waals surface area contributed by atoms with E-state index >= 15 is 0 Å². The predicted octanol–water partition coefficient (Wildman–Crippen LogP) is 1.83. The lowest BCUT2D eigenvalue weighted by molar-refractivity contribution is -0.117. The molecule has 0 spiro atoms. The van der Waals surface area contributed by atoms with Crippen LogP contribution in [-0.4, -0.2) is 74.6 Å². The molecule has 0 aliphatic carbocycles. The zero-order valence-corrected chi connectivity index (χ0v) is 19.3. The summed E-state index contributed by atoms with van der Waals surface area (Å²) < 4.78 is 40.4. The minimum atomic E-state index is -3.76. The fourth-order valence-electron chi connectivity index (χ4n) is 4.44. The Balaban J connectivity index is 1.49. The second kappa shape index (κ2) is 9.62. The largest absolute Gasteiger partial charge is 0.495 e. The molecule has 0 saturated carbocycles. The highest BCUT2D eigenvalue weighted by atomic mass is 32.2. The van der Waals surface area contributed by atoms with E-state index in [9.17, 15) is 13.2 Å². The molecule has 1 aromatic carbocycles. The van der Waals surface area contributed by atoms with Crippen LogP contribution in [0.3, 0.4) is 0 Å². The van der Waals surface area contributed by atoms with Gasteiger partial charge in [0.15, 0.2) is 0 Å². The molecule has 174 valence electrons. The molecule has 1 aromatic heterocycles. The van der Waals surface area contributed by atoms with Crippen LogP contribution in [0.15, 0.2) is 41.4 Å². The van der Waals surface area contributed by atoms with Gasteiger partial charge in [-0.05, 0) is 49.7 Å². The molecule has 1 N–H and O–H groups in total. The predicted molar refractivity (Wildman–Crippen MR) is 120 cm³/mol. The molecule has 32 heavy (non-hydrogen) atoms. The molecule has 9 nitrogen and oxygen atoms in total. The maximum atomic E-state index is 13.2. The Morgan fingerprint density at radius 1 is 1.22 bits per heavy atom. The summed E-state index contributed by atoms with van der Waals surface area (Å²) >= 11 is 0. The zero-order valence-electron chi connectivity index (χ0n) is 18.5. The van der Waals surface area contributed by atoms with Gasteiger partial charge in [-0.3, -0.25) is 9.69 Å². The average Bonchev–Trinajstić information content (AvgIpc) is 3.42. The van der Waals surface area contributed by atoms with Gasteiger partial charge in [0.1, 0.15) is 10.6 Å². The molecule has 2 saturated heterocycles. The van der Waals surface area contributed by atoms with E-state index < -0.39 is 10.0 Å². The van der Waals surface area contributed by atoms with Crippen molar-refractivity contribution in [3.05, 3.63) is 42.2 Å². The van der Waals surface area contributed by atoms with Crippen molar-refractivity contribution >= 4 is 21.6 Å². The number of hydrogen-bond acceptors (Lipinski definition) is 6. The van der Waals surface area contributed by atoms with Crippen molar-refractivity contribution < 1.29 is 22.7 Å². The van der Waals surface area contributed by atoms with Crippen LogP contribution in [0.4, 0.5) is 5.69 Å². The van der Waals surface area contributed by atoms with Gasteiger partial charge < -0.3 is 19.4 Å². The molecule has 2 aliphatic rings. The number of sulfonamides is 1. The third kappa shape index (κ3) is 4.68. The molecule has 0 bridgehead atoms. The van der Waals surface area contributed by atoms with Crippen molar-refractivity contribution in [2.45, 2.75) is 23.8 Å². The standard InChI is InChI=1S/C22H30N4O5S/c1-24-9-3-5-18(24)19-6-4-10-25(19)16-22(27)23-17-7-8-20(30-2)21(15-17)32(28,29)26-11-13-31-14-12-26/h3,5,7-9,15,19H,4,6,10-14,16H2,1-2H3,(H,23,27). The third-order valence-electron chi connectivity index (χ3n) is 6.07. The quantitative estimate of drug-likeness (QED) is 0.675. The Morgan fingerprint density at radius 3 is 2.69 bits per heavy atom. The van der Waals surface area contributed by atoms with Crippen molar-refractivity contribution in [3.8, 4) is 5.75 Å². The van der Waals surface area contributed by atoms with Gasteiger partial charge in [0, 0.05) is 37.7 Å². The minimum absolute atomic E-state index is 0.0440. The number of methoxy groups -OCH3 is 1. The van der Waals surface area contributed by atoms with Crippen LogP contribution in [0.25, 0.3) is 0 Å². The minimum Gasteiger partial charge on any atom is -0.495 e. The number of anilines is 1. The van der Waals surface area contributed by atoms with Crippen LogP contribution < -0.4 is 10.1 Å². The van der Waals surface area contributed by atoms with Crippen molar-refractivity contribution in [1.82, 2.24) is 13.8 Å². The van der Waals surface area contributed by atoms with Crippen molar-refractivity contribution in [1.29, 1.82) is 0 Å². The number of carbonyl (C=O) groups excluding carboxylic acids is 1. The summed E-state index contributed by atoms with van der Waals surface area (Å²) in [6.45, 7) is 2.39. The van der Waals surface area contributed by atoms with E-state index in [0.29, 0.717) is 18.9 Å². The van der Waals surface area contributed by atoms with E-state index in [0.717, 1.165) is 19.4 Å². The van der Waals surface area contributed by atoms with Gasteiger partial charge in [-0.25, -0.2) is 8.42 Å². The molecule has 3 heterocycles. The first-order valence-electron chi connectivity index (χ1n) is 10.8. The van der Waals surface area contributed by atoms with Crippen LogP contribution >= 0.6 is 0 Å². The number of likely N-dealkylation sites (tertiary alicyclic amines) is 1. The highest BCUT2D eigenvalue weighted by molar-refractivity contribution is 7.89. The highest BCUT2D eigenvalue weighted by Gasteiger charge is 2.31. The second-order valence-corrected chi connectivity index (χ2v) is 10.0. The first-order chi connectivity index (χ1) is 15.4. The normalized spacial score (nSPS) is 20.4. The molecule has 4 rings (SSSR count). The van der Waals surface area contributed by atoms with Gasteiger partial charge in [-0.1, -0.05) is 0 Å². The molecule has 1 atom stereocenters. The topological polar surface area (TPSA) is 93.1 Å². The monoisotopic (exact) mass is 462 g/mol. The number of aromatic nitrogens is 1. The first kappa shape index (κ1) is 22.8. The van der Waals surface area contributed by atoms with E-state index in [4.69, 9.17) is 9.47 Å². The number of nitrogens with zero attached hydrogens (tertiary/aromatic N) is 3. The van der Waals surface area contributed by atoms with E-state index in [2.05, 4.69) is 20.9 Å². The summed E-state index contributed by atoms with van der Waals surface area (Å²) in [7, 11) is -0.318. The number of amides is 1. The fourth-order valence-corrected chi connectivity index (χ4v) is 6.03. The van der Waals surface area contributed by atoms with E-state index in [1.165, 1.54) is 23.2 Å². The smallest absolute Gasteiger partial charge is 0.246 e. The Kier molecular flexibility index (Phi) is 6.85. The Morgan fingerprint density at radius 2 is 2.00 bits per heavy atom. The lowest BCUT2D eigenvalue weighted by Crippen LogP contribution is -2.40. The number of rotatable bonds is 7. The van der Waals surface area contributed by atoms with Crippen LogP contribution in [-0.2, 0) is 26.6 Å². The first-order valence-corrected chi connectivity index (χ1v) is 12.2. The van der Waals surface area contributed by atoms with Crippen LogP contribution in [0.2, 0.25) is 0 Å². The van der Waals surface area contributed by atoms with Crippen molar-refractivity contribution in [2.75, 3.05) is 51.8 Å². The maximum Gasteiger partial charge on any atom is 0.246 e. The number of morpholine rings is 1. The summed E-state index contributed by atoms with van der Waals surface area (Å²) in [5.41, 5.74) is 1.62. The van der Waals surface area contributed by atoms with Crippen LogP contribution in [0.1, 0.15) is 24.6 Å². The molecule has 10 heteroatoms. The molecule has 1 amide bonds. The number of ether oxygens (including phenoxy) is 2. The van der Waals surface area contributed by atoms with E-state index in [-0.39, 0.29) is 42.2 Å². The number of hydrogen-bond donors (Lipinski definition) is 1. The summed E-state index contributed by atoms with van der Waals surface area (Å²) in [6.07, 6.45) is 4.06. The summed E-state index contributed by atoms with van der Waals surface area (Å²) in [4.78, 5) is 15.0. The molecule has 2 aromatic rings. The number of benzene rings is 1. The van der Waals surface area contributed by atoms with Crippen molar-refractivity contribution in [2.24, 2.45) is 7.05 Å².